The van der Waals surface area contributed by atoms with Crippen LogP contribution in [-0.2, 0) is 24.1 Å². The normalized spacial score (nSPS) is 11.0. The molecule has 0 aliphatic carbocycles. The Morgan fingerprint density at radius 2 is 1.87 bits per heavy atom. The number of carbonyl (C=O) groups excluding carboxylic acids is 1. The molecular weight excluding hydrogens is 419 g/mol. The Bertz CT molecular complexity index is 1070. The number of carbonyl (C=O) groups is 1. The molecule has 3 aromatic rings. The zero-order valence-electron chi connectivity index (χ0n) is 17.5. The number of hydrogen-bond donors (Lipinski definition) is 1. The molecule has 9 heteroatoms. The molecule has 1 N–H and O–H groups in total. The first-order chi connectivity index (χ1) is 15.0. The molecule has 1 amide bonds. The first kappa shape index (κ1) is 22.4. The highest BCUT2D eigenvalue weighted by atomic mass is 32.2. The monoisotopic (exact) mass is 442 g/mol. The van der Waals surface area contributed by atoms with E-state index in [0.29, 0.717) is 23.1 Å². The van der Waals surface area contributed by atoms with E-state index in [1.165, 1.54) is 30.0 Å². The third kappa shape index (κ3) is 6.08. The summed E-state index contributed by atoms with van der Waals surface area (Å²) in [5, 5.41) is 11.8. The minimum Gasteiger partial charge on any atom is -0.493 e. The van der Waals surface area contributed by atoms with Gasteiger partial charge in [0.1, 0.15) is 5.82 Å². The number of thioether (sulfide) groups is 1. The van der Waals surface area contributed by atoms with E-state index in [4.69, 9.17) is 9.47 Å². The number of aromatic nitrogens is 3. The number of methoxy groups -OCH3 is 2. The van der Waals surface area contributed by atoms with E-state index in [-0.39, 0.29) is 18.3 Å². The van der Waals surface area contributed by atoms with Crippen molar-refractivity contribution in [2.24, 2.45) is 7.05 Å². The van der Waals surface area contributed by atoms with E-state index in [1.54, 1.807) is 44.6 Å². The fourth-order valence-corrected chi connectivity index (χ4v) is 3.59. The van der Waals surface area contributed by atoms with Crippen LogP contribution in [-0.4, -0.2) is 34.9 Å². The minimum absolute atomic E-state index is 0.246. The van der Waals surface area contributed by atoms with Crippen molar-refractivity contribution in [1.82, 2.24) is 20.1 Å². The first-order valence-electron chi connectivity index (χ1n) is 9.43. The van der Waals surface area contributed by atoms with Gasteiger partial charge < -0.3 is 19.4 Å². The summed E-state index contributed by atoms with van der Waals surface area (Å²) in [6.07, 6.45) is 3.14. The van der Waals surface area contributed by atoms with Crippen LogP contribution in [0.2, 0.25) is 0 Å². The van der Waals surface area contributed by atoms with Crippen molar-refractivity contribution in [1.29, 1.82) is 0 Å². The second kappa shape index (κ2) is 10.6. The van der Waals surface area contributed by atoms with E-state index < -0.39 is 0 Å². The van der Waals surface area contributed by atoms with Crippen molar-refractivity contribution in [2.45, 2.75) is 17.5 Å². The van der Waals surface area contributed by atoms with Crippen LogP contribution in [0.1, 0.15) is 17.0 Å². The van der Waals surface area contributed by atoms with Crippen LogP contribution in [0.15, 0.2) is 53.7 Å². The van der Waals surface area contributed by atoms with Gasteiger partial charge in [0.05, 0.1) is 20.8 Å². The molecule has 0 aliphatic heterocycles. The number of halogens is 1. The Morgan fingerprint density at radius 1 is 1.13 bits per heavy atom. The van der Waals surface area contributed by atoms with Crippen molar-refractivity contribution in [3.05, 3.63) is 71.3 Å². The zero-order chi connectivity index (χ0) is 22.2. The number of nitrogens with zero attached hydrogens (tertiary/aromatic N) is 3. The number of nitrogens with one attached hydrogen (secondary N) is 1. The molecule has 0 radical (unpaired) electrons. The van der Waals surface area contributed by atoms with Crippen LogP contribution in [0.4, 0.5) is 4.39 Å². The summed E-state index contributed by atoms with van der Waals surface area (Å²) < 4.78 is 25.3. The lowest BCUT2D eigenvalue weighted by atomic mass is 10.2. The van der Waals surface area contributed by atoms with Crippen LogP contribution in [0.5, 0.6) is 11.5 Å². The van der Waals surface area contributed by atoms with Gasteiger partial charge in [-0.3, -0.25) is 4.79 Å². The summed E-state index contributed by atoms with van der Waals surface area (Å²) in [5.41, 5.74) is 1.80. The second-order valence-corrected chi connectivity index (χ2v) is 7.48. The van der Waals surface area contributed by atoms with E-state index in [1.807, 2.05) is 17.7 Å². The molecule has 0 saturated heterocycles. The molecule has 0 aliphatic rings. The molecule has 31 heavy (non-hydrogen) atoms. The highest BCUT2D eigenvalue weighted by Gasteiger charge is 2.10. The molecule has 3 rings (SSSR count). The molecule has 1 heterocycles. The molecule has 0 spiro atoms. The largest absolute Gasteiger partial charge is 0.493 e. The third-order valence-electron chi connectivity index (χ3n) is 4.46. The van der Waals surface area contributed by atoms with Gasteiger partial charge in [0.2, 0.25) is 5.91 Å². The summed E-state index contributed by atoms with van der Waals surface area (Å²) in [7, 11) is 4.97. The van der Waals surface area contributed by atoms with Gasteiger partial charge in [-0.25, -0.2) is 4.39 Å². The fraction of sp³-hybridized carbons (Fsp3) is 0.227. The Morgan fingerprint density at radius 3 is 2.58 bits per heavy atom. The smallest absolute Gasteiger partial charge is 0.244 e. The number of rotatable bonds is 9. The van der Waals surface area contributed by atoms with Gasteiger partial charge in [-0.05, 0) is 41.5 Å². The van der Waals surface area contributed by atoms with E-state index in [9.17, 15) is 9.18 Å². The molecule has 7 nitrogen and oxygen atoms in total. The van der Waals surface area contributed by atoms with E-state index >= 15 is 0 Å². The molecule has 0 fully saturated rings. The standard InChI is InChI=1S/C22H23FN4O3S/c1-27-20(25-26-22(27)31-14-16-4-8-17(23)9-5-16)13-24-21(28)11-7-15-6-10-18(29-2)19(12-15)30-3/h4-12H,13-14H2,1-3H3,(H,24,28). The lowest BCUT2D eigenvalue weighted by molar-refractivity contribution is -0.116. The second-order valence-electron chi connectivity index (χ2n) is 6.54. The summed E-state index contributed by atoms with van der Waals surface area (Å²) in [6, 6.07) is 11.7. The van der Waals surface area contributed by atoms with Crippen molar-refractivity contribution in [3.8, 4) is 11.5 Å². The maximum Gasteiger partial charge on any atom is 0.244 e. The van der Waals surface area contributed by atoms with Crippen LogP contribution in [0.3, 0.4) is 0 Å². The maximum absolute atomic E-state index is 13.0. The van der Waals surface area contributed by atoms with Crippen molar-refractivity contribution in [2.75, 3.05) is 14.2 Å². The first-order valence-corrected chi connectivity index (χ1v) is 10.4. The molecule has 1 aromatic heterocycles. The molecule has 162 valence electrons. The van der Waals surface area contributed by atoms with Crippen molar-refractivity contribution < 1.29 is 18.7 Å². The van der Waals surface area contributed by atoms with Gasteiger partial charge in [-0.1, -0.05) is 30.0 Å². The van der Waals surface area contributed by atoms with Crippen LogP contribution in [0.25, 0.3) is 6.08 Å². The number of benzene rings is 2. The molecule has 0 saturated carbocycles. The minimum atomic E-state index is -0.259. The predicted molar refractivity (Wildman–Crippen MR) is 117 cm³/mol. The summed E-state index contributed by atoms with van der Waals surface area (Å²) in [5.74, 6) is 1.99. The summed E-state index contributed by atoms with van der Waals surface area (Å²) >= 11 is 1.49. The Hall–Kier alpha value is -3.33. The highest BCUT2D eigenvalue weighted by Crippen LogP contribution is 2.28. The maximum atomic E-state index is 13.0. The fourth-order valence-electron chi connectivity index (χ4n) is 2.71. The number of hydrogen-bond acceptors (Lipinski definition) is 6. The Balaban J connectivity index is 1.53. The Labute approximate surface area is 184 Å². The van der Waals surface area contributed by atoms with Gasteiger partial charge in [0, 0.05) is 18.9 Å². The van der Waals surface area contributed by atoms with Gasteiger partial charge in [-0.2, -0.15) is 0 Å². The predicted octanol–water partition coefficient (Wildman–Crippen LogP) is 3.59. The van der Waals surface area contributed by atoms with E-state index in [2.05, 4.69) is 15.5 Å². The average Bonchev–Trinajstić information content (AvgIpc) is 3.14. The van der Waals surface area contributed by atoms with Crippen molar-refractivity contribution >= 4 is 23.7 Å². The lowest BCUT2D eigenvalue weighted by Crippen LogP contribution is -2.22. The summed E-state index contributed by atoms with van der Waals surface area (Å²) in [4.78, 5) is 12.2. The van der Waals surface area contributed by atoms with Gasteiger partial charge in [-0.15, -0.1) is 10.2 Å². The number of ether oxygens (including phenoxy) is 2. The van der Waals surface area contributed by atoms with Gasteiger partial charge >= 0.3 is 0 Å². The van der Waals surface area contributed by atoms with E-state index in [0.717, 1.165) is 16.3 Å². The summed E-state index contributed by atoms with van der Waals surface area (Å²) in [6.45, 7) is 0.246. The van der Waals surface area contributed by atoms with Crippen LogP contribution in [0, 0.1) is 5.82 Å². The SMILES string of the molecule is COc1ccc(C=CC(=O)NCc2nnc(SCc3ccc(F)cc3)n2C)cc1OC. The topological polar surface area (TPSA) is 78.3 Å². The molecular formula is C22H23FN4O3S. The Kier molecular flexibility index (Phi) is 7.66. The van der Waals surface area contributed by atoms with Crippen LogP contribution >= 0.6 is 11.8 Å². The molecule has 0 unspecified atom stereocenters. The molecule has 0 bridgehead atoms. The third-order valence-corrected chi connectivity index (χ3v) is 5.55. The zero-order valence-corrected chi connectivity index (χ0v) is 18.3. The lowest BCUT2D eigenvalue weighted by Gasteiger charge is -2.07. The quantitative estimate of drug-likeness (QED) is 0.403. The van der Waals surface area contributed by atoms with Gasteiger partial charge in [0.15, 0.2) is 22.5 Å². The van der Waals surface area contributed by atoms with Gasteiger partial charge in [0.25, 0.3) is 0 Å². The molecule has 2 aromatic carbocycles. The van der Waals surface area contributed by atoms with Crippen LogP contribution < -0.4 is 14.8 Å². The highest BCUT2D eigenvalue weighted by molar-refractivity contribution is 7.98. The molecule has 0 atom stereocenters. The van der Waals surface area contributed by atoms with Crippen molar-refractivity contribution in [3.63, 3.8) is 0 Å². The number of amides is 1. The average molecular weight is 443 g/mol.